The van der Waals surface area contributed by atoms with E-state index in [2.05, 4.69) is 16.8 Å². The standard InChI is InChI=1S/C18H19N3O3S/c1-4-10-21-12(3)19-20-18(21)25-11-14-13-8-6-7-9-15(13)24-16(14)17(22)23-5-2/h4,6-9H,1,5,10-11H2,2-3H3. The monoisotopic (exact) mass is 357 g/mol. The normalized spacial score (nSPS) is 11.0. The first-order valence-corrected chi connectivity index (χ1v) is 8.95. The summed E-state index contributed by atoms with van der Waals surface area (Å²) in [5.74, 6) is 1.16. The van der Waals surface area contributed by atoms with Gasteiger partial charge in [-0.05, 0) is 19.9 Å². The van der Waals surface area contributed by atoms with Crippen LogP contribution in [0.25, 0.3) is 11.0 Å². The van der Waals surface area contributed by atoms with Crippen LogP contribution < -0.4 is 0 Å². The Bertz CT molecular complexity index is 914. The van der Waals surface area contributed by atoms with Crippen molar-refractivity contribution in [2.45, 2.75) is 31.3 Å². The van der Waals surface area contributed by atoms with Crippen molar-refractivity contribution in [2.75, 3.05) is 6.61 Å². The number of furan rings is 1. The van der Waals surface area contributed by atoms with Crippen molar-refractivity contribution >= 4 is 28.7 Å². The second kappa shape index (κ2) is 7.57. The lowest BCUT2D eigenvalue weighted by Gasteiger charge is -2.06. The molecule has 2 heterocycles. The topological polar surface area (TPSA) is 70.2 Å². The molecule has 0 saturated carbocycles. The maximum Gasteiger partial charge on any atom is 0.374 e. The van der Waals surface area contributed by atoms with Crippen molar-refractivity contribution in [1.29, 1.82) is 0 Å². The number of fused-ring (bicyclic) bond motifs is 1. The molecule has 0 aliphatic rings. The second-order valence-corrected chi connectivity index (χ2v) is 6.29. The minimum absolute atomic E-state index is 0.252. The van der Waals surface area contributed by atoms with Gasteiger partial charge in [0.2, 0.25) is 5.76 Å². The third-order valence-electron chi connectivity index (χ3n) is 3.72. The first kappa shape index (κ1) is 17.3. The second-order valence-electron chi connectivity index (χ2n) is 5.34. The number of carbonyl (C=O) groups is 1. The summed E-state index contributed by atoms with van der Waals surface area (Å²) in [6.07, 6.45) is 1.80. The van der Waals surface area contributed by atoms with E-state index in [9.17, 15) is 4.79 Å². The van der Waals surface area contributed by atoms with Gasteiger partial charge in [0.25, 0.3) is 0 Å². The van der Waals surface area contributed by atoms with Gasteiger partial charge in [0.15, 0.2) is 5.16 Å². The zero-order valence-corrected chi connectivity index (χ0v) is 15.0. The zero-order valence-electron chi connectivity index (χ0n) is 14.2. The number of aromatic nitrogens is 3. The van der Waals surface area contributed by atoms with Crippen molar-refractivity contribution in [3.05, 3.63) is 54.1 Å². The number of para-hydroxylation sites is 1. The van der Waals surface area contributed by atoms with Gasteiger partial charge >= 0.3 is 5.97 Å². The van der Waals surface area contributed by atoms with Crippen LogP contribution in [0.4, 0.5) is 0 Å². The quantitative estimate of drug-likeness (QED) is 0.362. The van der Waals surface area contributed by atoms with E-state index in [1.165, 1.54) is 11.8 Å². The van der Waals surface area contributed by atoms with Crippen LogP contribution in [0.3, 0.4) is 0 Å². The van der Waals surface area contributed by atoms with Gasteiger partial charge in [0.05, 0.1) is 6.61 Å². The number of nitrogens with zero attached hydrogens (tertiary/aromatic N) is 3. The van der Waals surface area contributed by atoms with E-state index >= 15 is 0 Å². The molecular weight excluding hydrogens is 338 g/mol. The van der Waals surface area contributed by atoms with Gasteiger partial charge < -0.3 is 13.7 Å². The predicted molar refractivity (Wildman–Crippen MR) is 96.7 cm³/mol. The highest BCUT2D eigenvalue weighted by Gasteiger charge is 2.22. The van der Waals surface area contributed by atoms with Crippen molar-refractivity contribution in [3.63, 3.8) is 0 Å². The van der Waals surface area contributed by atoms with Crippen LogP contribution in [0.15, 0.2) is 46.5 Å². The van der Waals surface area contributed by atoms with Gasteiger partial charge in [-0.2, -0.15) is 0 Å². The Morgan fingerprint density at radius 1 is 1.40 bits per heavy atom. The van der Waals surface area contributed by atoms with Gasteiger partial charge in [0, 0.05) is 23.2 Å². The number of esters is 1. The molecule has 1 aromatic carbocycles. The summed E-state index contributed by atoms with van der Waals surface area (Å²) in [6, 6.07) is 7.58. The summed E-state index contributed by atoms with van der Waals surface area (Å²) in [5.41, 5.74) is 1.48. The molecule has 3 aromatic rings. The third kappa shape index (κ3) is 3.46. The SMILES string of the molecule is C=CCn1c(C)nnc1SCc1c(C(=O)OCC)oc2ccccc12. The fourth-order valence-corrected chi connectivity index (χ4v) is 3.57. The average molecular weight is 357 g/mol. The molecule has 0 bridgehead atoms. The first-order valence-electron chi connectivity index (χ1n) is 7.96. The summed E-state index contributed by atoms with van der Waals surface area (Å²) >= 11 is 1.50. The maximum absolute atomic E-state index is 12.2. The van der Waals surface area contributed by atoms with Crippen molar-refractivity contribution < 1.29 is 13.9 Å². The highest BCUT2D eigenvalue weighted by atomic mass is 32.2. The minimum Gasteiger partial charge on any atom is -0.460 e. The number of ether oxygens (including phenoxy) is 1. The summed E-state index contributed by atoms with van der Waals surface area (Å²) < 4.78 is 12.8. The molecule has 0 aliphatic heterocycles. The number of hydrogen-bond acceptors (Lipinski definition) is 6. The Kier molecular flexibility index (Phi) is 5.23. The van der Waals surface area contributed by atoms with Crippen LogP contribution in [0.5, 0.6) is 0 Å². The number of benzene rings is 1. The lowest BCUT2D eigenvalue weighted by atomic mass is 10.1. The fraction of sp³-hybridized carbons (Fsp3) is 0.278. The predicted octanol–water partition coefficient (Wildman–Crippen LogP) is 3.99. The lowest BCUT2D eigenvalue weighted by Crippen LogP contribution is -2.06. The summed E-state index contributed by atoms with van der Waals surface area (Å²) in [4.78, 5) is 12.2. The smallest absolute Gasteiger partial charge is 0.374 e. The highest BCUT2D eigenvalue weighted by molar-refractivity contribution is 7.98. The minimum atomic E-state index is -0.446. The molecule has 0 radical (unpaired) electrons. The number of aryl methyl sites for hydroxylation is 1. The molecular formula is C18H19N3O3S. The summed E-state index contributed by atoms with van der Waals surface area (Å²) in [7, 11) is 0. The van der Waals surface area contributed by atoms with Crippen molar-refractivity contribution in [1.82, 2.24) is 14.8 Å². The summed E-state index contributed by atoms with van der Waals surface area (Å²) in [6.45, 7) is 8.38. The fourth-order valence-electron chi connectivity index (χ4n) is 2.55. The number of allylic oxidation sites excluding steroid dienone is 1. The number of rotatable bonds is 7. The van der Waals surface area contributed by atoms with E-state index in [0.717, 1.165) is 21.9 Å². The molecule has 0 atom stereocenters. The molecule has 0 aliphatic carbocycles. The van der Waals surface area contributed by atoms with Crippen LogP contribution in [0.1, 0.15) is 28.9 Å². The molecule has 0 amide bonds. The van der Waals surface area contributed by atoms with Gasteiger partial charge in [-0.1, -0.05) is 36.0 Å². The third-order valence-corrected chi connectivity index (χ3v) is 4.71. The molecule has 25 heavy (non-hydrogen) atoms. The Balaban J connectivity index is 1.94. The van der Waals surface area contributed by atoms with Gasteiger partial charge in [-0.25, -0.2) is 4.79 Å². The molecule has 0 saturated heterocycles. The van der Waals surface area contributed by atoms with E-state index in [4.69, 9.17) is 9.15 Å². The molecule has 2 aromatic heterocycles. The van der Waals surface area contributed by atoms with Crippen LogP contribution in [-0.2, 0) is 17.0 Å². The number of hydrogen-bond donors (Lipinski definition) is 0. The van der Waals surface area contributed by atoms with Crippen molar-refractivity contribution in [3.8, 4) is 0 Å². The number of carbonyl (C=O) groups excluding carboxylic acids is 1. The Morgan fingerprint density at radius 2 is 2.20 bits per heavy atom. The molecule has 130 valence electrons. The van der Waals surface area contributed by atoms with Gasteiger partial charge in [-0.3, -0.25) is 0 Å². The van der Waals surface area contributed by atoms with Crippen LogP contribution >= 0.6 is 11.8 Å². The van der Waals surface area contributed by atoms with Gasteiger partial charge in [-0.15, -0.1) is 16.8 Å². The van der Waals surface area contributed by atoms with E-state index in [1.54, 1.807) is 13.0 Å². The van der Waals surface area contributed by atoms with Crippen molar-refractivity contribution in [2.24, 2.45) is 0 Å². The molecule has 0 spiro atoms. The largest absolute Gasteiger partial charge is 0.460 e. The maximum atomic E-state index is 12.2. The van der Waals surface area contributed by atoms with E-state index in [1.807, 2.05) is 35.8 Å². The van der Waals surface area contributed by atoms with E-state index in [-0.39, 0.29) is 5.76 Å². The zero-order chi connectivity index (χ0) is 17.8. The highest BCUT2D eigenvalue weighted by Crippen LogP contribution is 2.32. The molecule has 7 heteroatoms. The summed E-state index contributed by atoms with van der Waals surface area (Å²) in [5, 5.41) is 10.0. The van der Waals surface area contributed by atoms with Crippen LogP contribution in [0, 0.1) is 6.92 Å². The Labute approximate surface area is 149 Å². The molecule has 0 N–H and O–H groups in total. The Morgan fingerprint density at radius 3 is 2.96 bits per heavy atom. The average Bonchev–Trinajstić information content (AvgIpc) is 3.15. The first-order chi connectivity index (χ1) is 12.2. The van der Waals surface area contributed by atoms with Gasteiger partial charge in [0.1, 0.15) is 11.4 Å². The van der Waals surface area contributed by atoms with E-state index in [0.29, 0.717) is 24.5 Å². The molecule has 0 fully saturated rings. The number of thioether (sulfide) groups is 1. The Hall–Kier alpha value is -2.54. The van der Waals surface area contributed by atoms with Crippen LogP contribution in [0.2, 0.25) is 0 Å². The molecule has 6 nitrogen and oxygen atoms in total. The molecule has 0 unspecified atom stereocenters. The lowest BCUT2D eigenvalue weighted by molar-refractivity contribution is 0.0491. The van der Waals surface area contributed by atoms with E-state index < -0.39 is 5.97 Å². The molecule has 3 rings (SSSR count). The van der Waals surface area contributed by atoms with Crippen LogP contribution in [-0.4, -0.2) is 27.3 Å².